The molecule has 0 radical (unpaired) electrons. The van der Waals surface area contributed by atoms with E-state index >= 15 is 0 Å². The van der Waals surface area contributed by atoms with Gasteiger partial charge >= 0.3 is 0 Å². The molecule has 25 heavy (non-hydrogen) atoms. The number of carbonyl (C=O) groups excluding carboxylic acids is 1. The average molecular weight is 335 g/mol. The van der Waals surface area contributed by atoms with Gasteiger partial charge in [-0.3, -0.25) is 4.79 Å². The topological polar surface area (TPSA) is 85.2 Å². The Balaban J connectivity index is 2.20. The van der Waals surface area contributed by atoms with Crippen LogP contribution in [-0.2, 0) is 4.79 Å². The van der Waals surface area contributed by atoms with Crippen LogP contribution in [0.4, 0.5) is 11.4 Å². The highest BCUT2D eigenvalue weighted by Crippen LogP contribution is 2.23. The molecule has 0 saturated carbocycles. The maximum atomic E-state index is 12.3. The lowest BCUT2D eigenvalue weighted by Gasteiger charge is -2.12. The van der Waals surface area contributed by atoms with Crippen molar-refractivity contribution in [2.24, 2.45) is 0 Å². The predicted octanol–water partition coefficient (Wildman–Crippen LogP) is 4.08. The molecule has 0 heterocycles. The number of rotatable bonds is 4. The van der Waals surface area contributed by atoms with Crippen LogP contribution in [0.1, 0.15) is 22.3 Å². The van der Waals surface area contributed by atoms with Crippen LogP contribution >= 0.6 is 0 Å². The van der Waals surface area contributed by atoms with Crippen molar-refractivity contribution in [2.45, 2.75) is 27.7 Å². The van der Waals surface area contributed by atoms with Crippen molar-refractivity contribution in [3.05, 3.63) is 64.4 Å². The first-order chi connectivity index (χ1) is 11.8. The smallest absolute Gasteiger partial charge is 0.267 e. The van der Waals surface area contributed by atoms with Crippen LogP contribution in [0.3, 0.4) is 0 Å². The molecule has 0 atom stereocenters. The van der Waals surface area contributed by atoms with E-state index in [4.69, 9.17) is 0 Å². The summed E-state index contributed by atoms with van der Waals surface area (Å²) < 4.78 is 0. The van der Waals surface area contributed by atoms with Gasteiger partial charge in [0, 0.05) is 17.6 Å². The molecule has 0 unspecified atom stereocenters. The number of benzene rings is 2. The number of carbonyl (C=O) groups is 1. The SMILES string of the molecule is Cc1cc(C)c(N/C=C(/C#N)C(=O)Nc2ccc(O)cc2C)c(C)c1. The van der Waals surface area contributed by atoms with Gasteiger partial charge in [-0.1, -0.05) is 17.7 Å². The van der Waals surface area contributed by atoms with Gasteiger partial charge in [-0.25, -0.2) is 0 Å². The van der Waals surface area contributed by atoms with Crippen molar-refractivity contribution < 1.29 is 9.90 Å². The summed E-state index contributed by atoms with van der Waals surface area (Å²) in [7, 11) is 0. The molecule has 1 amide bonds. The second-order valence-corrected chi connectivity index (χ2v) is 6.04. The molecule has 0 saturated heterocycles. The van der Waals surface area contributed by atoms with Crippen molar-refractivity contribution in [1.82, 2.24) is 0 Å². The zero-order chi connectivity index (χ0) is 18.6. The van der Waals surface area contributed by atoms with Crippen molar-refractivity contribution in [3.63, 3.8) is 0 Å². The highest BCUT2D eigenvalue weighted by molar-refractivity contribution is 6.07. The van der Waals surface area contributed by atoms with E-state index < -0.39 is 5.91 Å². The standard InChI is InChI=1S/C20H21N3O2/c1-12-7-14(3)19(15(4)8-12)22-11-16(10-21)20(25)23-18-6-5-17(24)9-13(18)2/h5-9,11,22,24H,1-4H3,(H,23,25)/b16-11-. The molecule has 5 nitrogen and oxygen atoms in total. The molecule has 0 aromatic heterocycles. The van der Waals surface area contributed by atoms with E-state index in [-0.39, 0.29) is 11.3 Å². The number of nitrogens with zero attached hydrogens (tertiary/aromatic N) is 1. The third kappa shape index (κ3) is 4.39. The molecular formula is C20H21N3O2. The van der Waals surface area contributed by atoms with Crippen LogP contribution in [-0.4, -0.2) is 11.0 Å². The lowest BCUT2D eigenvalue weighted by Crippen LogP contribution is -2.15. The zero-order valence-electron chi connectivity index (χ0n) is 14.8. The molecule has 0 bridgehead atoms. The Morgan fingerprint density at radius 2 is 1.72 bits per heavy atom. The normalized spacial score (nSPS) is 10.9. The fourth-order valence-corrected chi connectivity index (χ4v) is 2.68. The van der Waals surface area contributed by atoms with Crippen LogP contribution in [0.25, 0.3) is 0 Å². The first kappa shape index (κ1) is 18.1. The van der Waals surface area contributed by atoms with Gasteiger partial charge < -0.3 is 15.7 Å². The highest BCUT2D eigenvalue weighted by atomic mass is 16.3. The Hall–Kier alpha value is -3.26. The number of aromatic hydroxyl groups is 1. The summed E-state index contributed by atoms with van der Waals surface area (Å²) in [5, 5.41) is 24.5. The number of hydrogen-bond donors (Lipinski definition) is 3. The number of anilines is 2. The highest BCUT2D eigenvalue weighted by Gasteiger charge is 2.11. The monoisotopic (exact) mass is 335 g/mol. The molecule has 0 fully saturated rings. The molecule has 0 aliphatic carbocycles. The fraction of sp³-hybridized carbons (Fsp3) is 0.200. The number of nitriles is 1. The number of phenols is 1. The van der Waals surface area contributed by atoms with E-state index in [1.54, 1.807) is 19.1 Å². The molecule has 2 aromatic rings. The summed E-state index contributed by atoms with van der Waals surface area (Å²) in [6.45, 7) is 7.74. The predicted molar refractivity (Wildman–Crippen MR) is 99.4 cm³/mol. The molecule has 5 heteroatoms. The first-order valence-corrected chi connectivity index (χ1v) is 7.87. The first-order valence-electron chi connectivity index (χ1n) is 7.87. The Morgan fingerprint density at radius 1 is 1.08 bits per heavy atom. The van der Waals surface area contributed by atoms with Gasteiger partial charge in [0.25, 0.3) is 5.91 Å². The molecule has 0 spiro atoms. The Bertz CT molecular complexity index is 869. The summed E-state index contributed by atoms with van der Waals surface area (Å²) in [6.07, 6.45) is 1.41. The van der Waals surface area contributed by atoms with Gasteiger partial charge in [-0.15, -0.1) is 0 Å². The lowest BCUT2D eigenvalue weighted by molar-refractivity contribution is -0.112. The zero-order valence-corrected chi connectivity index (χ0v) is 14.8. The molecule has 2 aromatic carbocycles. The van der Waals surface area contributed by atoms with Crippen LogP contribution < -0.4 is 10.6 Å². The average Bonchev–Trinajstić information content (AvgIpc) is 2.52. The Kier molecular flexibility index (Phi) is 5.45. The Labute approximate surface area is 147 Å². The van der Waals surface area contributed by atoms with Crippen LogP contribution in [0, 0.1) is 39.0 Å². The van der Waals surface area contributed by atoms with E-state index in [9.17, 15) is 15.2 Å². The third-order valence-electron chi connectivity index (χ3n) is 3.86. The van der Waals surface area contributed by atoms with Crippen LogP contribution in [0.15, 0.2) is 42.1 Å². The summed E-state index contributed by atoms with van der Waals surface area (Å²) in [5.74, 6) is -0.384. The minimum Gasteiger partial charge on any atom is -0.508 e. The van der Waals surface area contributed by atoms with Crippen molar-refractivity contribution >= 4 is 17.3 Å². The molecule has 0 aliphatic rings. The van der Waals surface area contributed by atoms with Crippen molar-refractivity contribution in [2.75, 3.05) is 10.6 Å². The van der Waals surface area contributed by atoms with Gasteiger partial charge in [-0.2, -0.15) is 5.26 Å². The Morgan fingerprint density at radius 3 is 2.28 bits per heavy atom. The quantitative estimate of drug-likeness (QED) is 0.446. The van der Waals surface area contributed by atoms with E-state index in [1.165, 1.54) is 12.3 Å². The number of aryl methyl sites for hydroxylation is 4. The molecule has 128 valence electrons. The minimum absolute atomic E-state index is 0.0353. The van der Waals surface area contributed by atoms with Gasteiger partial charge in [0.1, 0.15) is 17.4 Å². The van der Waals surface area contributed by atoms with E-state index in [2.05, 4.69) is 10.6 Å². The molecule has 2 rings (SSSR count). The van der Waals surface area contributed by atoms with E-state index in [0.717, 1.165) is 22.4 Å². The lowest BCUT2D eigenvalue weighted by atomic mass is 10.1. The summed E-state index contributed by atoms with van der Waals surface area (Å²) in [4.78, 5) is 12.3. The maximum Gasteiger partial charge on any atom is 0.267 e. The number of nitrogens with one attached hydrogen (secondary N) is 2. The second-order valence-electron chi connectivity index (χ2n) is 6.04. The largest absolute Gasteiger partial charge is 0.508 e. The van der Waals surface area contributed by atoms with Gasteiger partial charge in [0.15, 0.2) is 0 Å². The van der Waals surface area contributed by atoms with E-state index in [0.29, 0.717) is 11.3 Å². The van der Waals surface area contributed by atoms with Crippen molar-refractivity contribution in [3.8, 4) is 11.8 Å². The van der Waals surface area contributed by atoms with Gasteiger partial charge in [0.05, 0.1) is 0 Å². The third-order valence-corrected chi connectivity index (χ3v) is 3.86. The molecule has 3 N–H and O–H groups in total. The molecule has 0 aliphatic heterocycles. The summed E-state index contributed by atoms with van der Waals surface area (Å²) in [5.41, 5.74) is 5.35. The van der Waals surface area contributed by atoms with Crippen LogP contribution in [0.5, 0.6) is 5.75 Å². The molecular weight excluding hydrogens is 314 g/mol. The number of phenolic OH excluding ortho intramolecular Hbond substituents is 1. The fourth-order valence-electron chi connectivity index (χ4n) is 2.68. The van der Waals surface area contributed by atoms with Crippen LogP contribution in [0.2, 0.25) is 0 Å². The van der Waals surface area contributed by atoms with Crippen molar-refractivity contribution in [1.29, 1.82) is 5.26 Å². The minimum atomic E-state index is -0.508. The van der Waals surface area contributed by atoms with Gasteiger partial charge in [0.2, 0.25) is 0 Å². The number of amides is 1. The summed E-state index contributed by atoms with van der Waals surface area (Å²) >= 11 is 0. The second kappa shape index (κ2) is 7.54. The van der Waals surface area contributed by atoms with Gasteiger partial charge in [-0.05, 0) is 62.6 Å². The summed E-state index contributed by atoms with van der Waals surface area (Å²) in [6, 6.07) is 10.6. The number of hydrogen-bond acceptors (Lipinski definition) is 4. The van der Waals surface area contributed by atoms with E-state index in [1.807, 2.05) is 39.0 Å². The maximum absolute atomic E-state index is 12.3.